The summed E-state index contributed by atoms with van der Waals surface area (Å²) in [6, 6.07) is 6.46. The molecule has 4 rings (SSSR count). The van der Waals surface area contributed by atoms with E-state index in [1.165, 1.54) is 37.7 Å². The minimum atomic E-state index is -0.0164. The molecule has 0 radical (unpaired) electrons. The van der Waals surface area contributed by atoms with Crippen molar-refractivity contribution < 1.29 is 9.47 Å². The fraction of sp³-hybridized carbons (Fsp3) is 0.750. The fourth-order valence-corrected chi connectivity index (χ4v) is 6.77. The average molecular weight is 357 g/mol. The van der Waals surface area contributed by atoms with Crippen molar-refractivity contribution in [2.75, 3.05) is 6.61 Å². The topological polar surface area (TPSA) is 18.5 Å². The van der Waals surface area contributed by atoms with Gasteiger partial charge >= 0.3 is 0 Å². The van der Waals surface area contributed by atoms with Crippen molar-refractivity contribution in [3.05, 3.63) is 23.8 Å². The second-order valence-corrected chi connectivity index (χ2v) is 10.2. The first-order chi connectivity index (χ1) is 12.3. The number of ether oxygens (including phenoxy) is 2. The number of rotatable bonds is 3. The van der Waals surface area contributed by atoms with Crippen molar-refractivity contribution >= 4 is 0 Å². The van der Waals surface area contributed by atoms with Crippen molar-refractivity contribution in [1.29, 1.82) is 0 Å². The van der Waals surface area contributed by atoms with E-state index in [-0.39, 0.29) is 5.60 Å². The third-order valence-corrected chi connectivity index (χ3v) is 8.01. The summed E-state index contributed by atoms with van der Waals surface area (Å²) >= 11 is 0. The second kappa shape index (κ2) is 6.17. The van der Waals surface area contributed by atoms with E-state index < -0.39 is 0 Å². The minimum absolute atomic E-state index is 0.0164. The lowest BCUT2D eigenvalue weighted by Crippen LogP contribution is -2.61. The summed E-state index contributed by atoms with van der Waals surface area (Å²) in [7, 11) is 0. The van der Waals surface area contributed by atoms with Crippen LogP contribution in [-0.2, 0) is 6.42 Å². The van der Waals surface area contributed by atoms with Gasteiger partial charge in [-0.05, 0) is 86.0 Å². The van der Waals surface area contributed by atoms with Crippen LogP contribution in [0, 0.1) is 22.7 Å². The molecule has 1 aliphatic heterocycles. The molecule has 0 aromatic heterocycles. The second-order valence-electron chi connectivity index (χ2n) is 10.2. The molecule has 2 nitrogen and oxygen atoms in total. The van der Waals surface area contributed by atoms with Crippen LogP contribution < -0.4 is 9.47 Å². The van der Waals surface area contributed by atoms with E-state index in [4.69, 9.17) is 9.47 Å². The average Bonchev–Trinajstić information content (AvgIpc) is 2.57. The summed E-state index contributed by atoms with van der Waals surface area (Å²) in [5.41, 5.74) is 2.18. The zero-order valence-corrected chi connectivity index (χ0v) is 17.4. The lowest BCUT2D eigenvalue weighted by molar-refractivity contribution is -0.162. The van der Waals surface area contributed by atoms with Crippen LogP contribution >= 0.6 is 0 Å². The zero-order valence-electron chi connectivity index (χ0n) is 17.4. The molecule has 3 aliphatic rings. The van der Waals surface area contributed by atoms with Crippen LogP contribution in [0.4, 0.5) is 0 Å². The molecule has 2 saturated carbocycles. The van der Waals surface area contributed by atoms with E-state index in [1.807, 2.05) is 0 Å². The first-order valence-electron chi connectivity index (χ1n) is 10.7. The fourth-order valence-electron chi connectivity index (χ4n) is 6.77. The molecule has 144 valence electrons. The molecule has 0 N–H and O–H groups in total. The zero-order chi connectivity index (χ0) is 18.6. The lowest BCUT2D eigenvalue weighted by Gasteiger charge is -2.63. The summed E-state index contributed by atoms with van der Waals surface area (Å²) in [4.78, 5) is 0. The van der Waals surface area contributed by atoms with Gasteiger partial charge in [0.1, 0.15) is 17.1 Å². The Morgan fingerprint density at radius 2 is 1.88 bits per heavy atom. The van der Waals surface area contributed by atoms with Crippen molar-refractivity contribution in [1.82, 2.24) is 0 Å². The van der Waals surface area contributed by atoms with Crippen LogP contribution in [-0.4, -0.2) is 12.2 Å². The van der Waals surface area contributed by atoms with Crippen LogP contribution in [0.15, 0.2) is 18.2 Å². The number of fused-ring (bicyclic) bond motifs is 4. The monoisotopic (exact) mass is 356 g/mol. The minimum Gasteiger partial charge on any atom is -0.494 e. The van der Waals surface area contributed by atoms with E-state index in [1.54, 1.807) is 0 Å². The maximum atomic E-state index is 6.71. The van der Waals surface area contributed by atoms with Crippen molar-refractivity contribution in [2.45, 2.75) is 85.2 Å². The SMILES string of the molecule is CCCOc1ccc2c(c1)C[C@@H]1[C@@]3(C)CCCC(C)(C)[C@@H]3CC[C@@]1(C)O2. The Morgan fingerprint density at radius 3 is 2.65 bits per heavy atom. The molecule has 26 heavy (non-hydrogen) atoms. The summed E-state index contributed by atoms with van der Waals surface area (Å²) in [5.74, 6) is 3.50. The molecular weight excluding hydrogens is 320 g/mol. The van der Waals surface area contributed by atoms with Crippen molar-refractivity contribution in [3.63, 3.8) is 0 Å². The molecule has 0 bridgehead atoms. The number of benzene rings is 1. The van der Waals surface area contributed by atoms with Crippen LogP contribution in [0.5, 0.6) is 11.5 Å². The van der Waals surface area contributed by atoms with E-state index in [0.717, 1.165) is 36.9 Å². The van der Waals surface area contributed by atoms with Gasteiger partial charge in [0.2, 0.25) is 0 Å². The summed E-state index contributed by atoms with van der Waals surface area (Å²) in [6.45, 7) is 12.9. The highest BCUT2D eigenvalue weighted by Crippen LogP contribution is 2.64. The van der Waals surface area contributed by atoms with Crippen molar-refractivity contribution in [3.8, 4) is 11.5 Å². The van der Waals surface area contributed by atoms with Crippen LogP contribution in [0.3, 0.4) is 0 Å². The molecule has 1 heterocycles. The summed E-state index contributed by atoms with van der Waals surface area (Å²) < 4.78 is 12.6. The summed E-state index contributed by atoms with van der Waals surface area (Å²) in [6.07, 6.45) is 8.77. The van der Waals surface area contributed by atoms with Gasteiger partial charge in [-0.3, -0.25) is 0 Å². The van der Waals surface area contributed by atoms with Crippen molar-refractivity contribution in [2.24, 2.45) is 22.7 Å². The predicted molar refractivity (Wildman–Crippen MR) is 107 cm³/mol. The normalized spacial score (nSPS) is 37.7. The van der Waals surface area contributed by atoms with Gasteiger partial charge in [0.15, 0.2) is 0 Å². The third-order valence-electron chi connectivity index (χ3n) is 8.01. The molecule has 0 unspecified atom stereocenters. The van der Waals surface area contributed by atoms with Gasteiger partial charge in [-0.25, -0.2) is 0 Å². The molecule has 4 atom stereocenters. The Labute approximate surface area is 159 Å². The highest BCUT2D eigenvalue weighted by atomic mass is 16.5. The standard InChI is InChI=1S/C24H36O2/c1-6-14-25-18-8-9-19-17(15-18)16-21-23(4)12-7-11-22(2,3)20(23)10-13-24(21,5)26-19/h8-9,15,20-21H,6-7,10-14,16H2,1-5H3/t20-,21+,23-,24+/m0/s1. The first-order valence-corrected chi connectivity index (χ1v) is 10.7. The lowest BCUT2D eigenvalue weighted by atomic mass is 9.44. The van der Waals surface area contributed by atoms with Gasteiger partial charge < -0.3 is 9.47 Å². The number of hydrogen-bond acceptors (Lipinski definition) is 2. The summed E-state index contributed by atoms with van der Waals surface area (Å²) in [5, 5.41) is 0. The molecule has 0 spiro atoms. The molecule has 0 saturated heterocycles. The van der Waals surface area contributed by atoms with Crippen LogP contribution in [0.2, 0.25) is 0 Å². The Hall–Kier alpha value is -1.18. The Bertz CT molecular complexity index is 679. The van der Waals surface area contributed by atoms with E-state index in [9.17, 15) is 0 Å². The van der Waals surface area contributed by atoms with Gasteiger partial charge in [0.05, 0.1) is 6.61 Å². The van der Waals surface area contributed by atoms with Gasteiger partial charge in [-0.2, -0.15) is 0 Å². The van der Waals surface area contributed by atoms with Gasteiger partial charge in [-0.1, -0.05) is 34.1 Å². The van der Waals surface area contributed by atoms with E-state index in [0.29, 0.717) is 16.7 Å². The molecule has 2 aliphatic carbocycles. The molecule has 0 amide bonds. The molecule has 1 aromatic carbocycles. The molecule has 1 aromatic rings. The quantitative estimate of drug-likeness (QED) is 0.623. The molecular formula is C24H36O2. The molecule has 2 fully saturated rings. The Kier molecular flexibility index (Phi) is 4.32. The Balaban J connectivity index is 1.68. The highest BCUT2D eigenvalue weighted by Gasteiger charge is 2.60. The predicted octanol–water partition coefficient (Wildman–Crippen LogP) is 6.41. The smallest absolute Gasteiger partial charge is 0.123 e. The van der Waals surface area contributed by atoms with Gasteiger partial charge in [0, 0.05) is 5.92 Å². The highest BCUT2D eigenvalue weighted by molar-refractivity contribution is 5.43. The molecule has 2 heteroatoms. The van der Waals surface area contributed by atoms with E-state index >= 15 is 0 Å². The Morgan fingerprint density at radius 1 is 1.08 bits per heavy atom. The largest absolute Gasteiger partial charge is 0.494 e. The third kappa shape index (κ3) is 2.75. The number of hydrogen-bond donors (Lipinski definition) is 0. The first kappa shape index (κ1) is 18.2. The van der Waals surface area contributed by atoms with Crippen LogP contribution in [0.25, 0.3) is 0 Å². The maximum absolute atomic E-state index is 6.71. The van der Waals surface area contributed by atoms with Gasteiger partial charge in [0.25, 0.3) is 0 Å². The van der Waals surface area contributed by atoms with Gasteiger partial charge in [-0.15, -0.1) is 0 Å². The van der Waals surface area contributed by atoms with E-state index in [2.05, 4.69) is 52.8 Å². The maximum Gasteiger partial charge on any atom is 0.123 e. The van der Waals surface area contributed by atoms with Crippen LogP contribution in [0.1, 0.15) is 78.7 Å².